The molecule has 0 aliphatic rings. The third-order valence-electron chi connectivity index (χ3n) is 2.94. The highest BCUT2D eigenvalue weighted by atomic mass is 14.2. The molecule has 0 heterocycles. The quantitative estimate of drug-likeness (QED) is 0.580. The van der Waals surface area contributed by atoms with Crippen LogP contribution in [0.5, 0.6) is 0 Å². The van der Waals surface area contributed by atoms with E-state index in [1.165, 1.54) is 24.0 Å². The standard InChI is InChI=1S/C17H22/c1-4-7-12-15(6-3)17(11-5-2)16-13-9-8-10-14-16/h4,6-10,12-14,17H,1,5,11H2,2-3H3/b12-7-,15-6+. The monoisotopic (exact) mass is 226 g/mol. The maximum absolute atomic E-state index is 3.73. The molecule has 0 amide bonds. The van der Waals surface area contributed by atoms with E-state index < -0.39 is 0 Å². The van der Waals surface area contributed by atoms with Gasteiger partial charge < -0.3 is 0 Å². The molecule has 0 aliphatic heterocycles. The lowest BCUT2D eigenvalue weighted by atomic mass is 9.87. The molecule has 90 valence electrons. The van der Waals surface area contributed by atoms with Crippen LogP contribution >= 0.6 is 0 Å². The summed E-state index contributed by atoms with van der Waals surface area (Å²) in [6.07, 6.45) is 10.6. The van der Waals surface area contributed by atoms with E-state index in [4.69, 9.17) is 0 Å². The van der Waals surface area contributed by atoms with Gasteiger partial charge in [0, 0.05) is 5.92 Å². The summed E-state index contributed by atoms with van der Waals surface area (Å²) in [4.78, 5) is 0. The largest absolute Gasteiger partial charge is 0.0991 e. The van der Waals surface area contributed by atoms with Crippen molar-refractivity contribution in [3.05, 3.63) is 72.4 Å². The lowest BCUT2D eigenvalue weighted by Crippen LogP contribution is -2.00. The zero-order valence-corrected chi connectivity index (χ0v) is 10.9. The van der Waals surface area contributed by atoms with E-state index in [1.54, 1.807) is 0 Å². The molecule has 0 aromatic heterocycles. The van der Waals surface area contributed by atoms with Crippen LogP contribution in [0.3, 0.4) is 0 Å². The molecule has 0 fully saturated rings. The van der Waals surface area contributed by atoms with E-state index in [-0.39, 0.29) is 0 Å². The molecule has 17 heavy (non-hydrogen) atoms. The van der Waals surface area contributed by atoms with Crippen molar-refractivity contribution in [1.82, 2.24) is 0 Å². The second-order valence-corrected chi connectivity index (χ2v) is 4.14. The zero-order valence-electron chi connectivity index (χ0n) is 10.9. The SMILES string of the molecule is C=C/C=C\C(=C/C)C(CCC)c1ccccc1. The van der Waals surface area contributed by atoms with Crippen LogP contribution in [0.25, 0.3) is 0 Å². The number of allylic oxidation sites excluding steroid dienone is 5. The molecular weight excluding hydrogens is 204 g/mol. The summed E-state index contributed by atoms with van der Waals surface area (Å²) in [7, 11) is 0. The Labute approximate surface area is 105 Å². The van der Waals surface area contributed by atoms with Gasteiger partial charge in [0.05, 0.1) is 0 Å². The second-order valence-electron chi connectivity index (χ2n) is 4.14. The van der Waals surface area contributed by atoms with Gasteiger partial charge in [-0.05, 0) is 24.5 Å². The topological polar surface area (TPSA) is 0 Å². The second kappa shape index (κ2) is 7.67. The number of hydrogen-bond acceptors (Lipinski definition) is 0. The molecule has 0 bridgehead atoms. The number of rotatable bonds is 6. The van der Waals surface area contributed by atoms with E-state index >= 15 is 0 Å². The van der Waals surface area contributed by atoms with Gasteiger partial charge in [0.1, 0.15) is 0 Å². The van der Waals surface area contributed by atoms with Crippen molar-refractivity contribution in [2.24, 2.45) is 0 Å². The first kappa shape index (κ1) is 13.5. The van der Waals surface area contributed by atoms with Crippen LogP contribution in [0.4, 0.5) is 0 Å². The Hall–Kier alpha value is -1.56. The molecular formula is C17H22. The molecule has 0 saturated heterocycles. The van der Waals surface area contributed by atoms with Crippen molar-refractivity contribution in [2.45, 2.75) is 32.6 Å². The maximum Gasteiger partial charge on any atom is 0.00859 e. The van der Waals surface area contributed by atoms with E-state index in [2.05, 4.69) is 62.9 Å². The van der Waals surface area contributed by atoms with Gasteiger partial charge in [-0.3, -0.25) is 0 Å². The first-order valence-electron chi connectivity index (χ1n) is 6.33. The van der Waals surface area contributed by atoms with Crippen molar-refractivity contribution in [3.63, 3.8) is 0 Å². The van der Waals surface area contributed by atoms with E-state index in [0.29, 0.717) is 5.92 Å². The summed E-state index contributed by atoms with van der Waals surface area (Å²) in [6.45, 7) is 8.07. The minimum Gasteiger partial charge on any atom is -0.0991 e. The molecule has 1 unspecified atom stereocenters. The minimum atomic E-state index is 0.502. The van der Waals surface area contributed by atoms with Crippen LogP contribution in [0.1, 0.15) is 38.2 Å². The van der Waals surface area contributed by atoms with Crippen molar-refractivity contribution in [2.75, 3.05) is 0 Å². The van der Waals surface area contributed by atoms with Gasteiger partial charge in [0.15, 0.2) is 0 Å². The Kier molecular flexibility index (Phi) is 6.09. The summed E-state index contributed by atoms with van der Waals surface area (Å²) in [5, 5.41) is 0. The average molecular weight is 226 g/mol. The molecule has 0 radical (unpaired) electrons. The summed E-state index contributed by atoms with van der Waals surface area (Å²) in [6, 6.07) is 10.7. The van der Waals surface area contributed by atoms with Crippen LogP contribution in [0.2, 0.25) is 0 Å². The lowest BCUT2D eigenvalue weighted by molar-refractivity contribution is 0.696. The smallest absolute Gasteiger partial charge is 0.00859 e. The predicted octanol–water partition coefficient (Wildman–Crippen LogP) is 5.26. The molecule has 1 aromatic carbocycles. The molecule has 0 aliphatic carbocycles. The Balaban J connectivity index is 2.99. The Morgan fingerprint density at radius 2 is 2.00 bits per heavy atom. The molecule has 0 nitrogen and oxygen atoms in total. The van der Waals surface area contributed by atoms with Gasteiger partial charge in [0.25, 0.3) is 0 Å². The van der Waals surface area contributed by atoms with Gasteiger partial charge >= 0.3 is 0 Å². The molecule has 1 rings (SSSR count). The summed E-state index contributed by atoms with van der Waals surface area (Å²) in [5.74, 6) is 0.502. The zero-order chi connectivity index (χ0) is 12.5. The van der Waals surface area contributed by atoms with Crippen molar-refractivity contribution >= 4 is 0 Å². The van der Waals surface area contributed by atoms with Crippen molar-refractivity contribution in [3.8, 4) is 0 Å². The lowest BCUT2D eigenvalue weighted by Gasteiger charge is -2.18. The molecule has 0 saturated carbocycles. The minimum absolute atomic E-state index is 0.502. The van der Waals surface area contributed by atoms with Crippen LogP contribution in [0, 0.1) is 0 Å². The van der Waals surface area contributed by atoms with Crippen LogP contribution in [-0.2, 0) is 0 Å². The highest BCUT2D eigenvalue weighted by Crippen LogP contribution is 2.29. The van der Waals surface area contributed by atoms with Gasteiger partial charge in [-0.1, -0.05) is 74.6 Å². The summed E-state index contributed by atoms with van der Waals surface area (Å²) >= 11 is 0. The van der Waals surface area contributed by atoms with Crippen LogP contribution < -0.4 is 0 Å². The molecule has 1 atom stereocenters. The first-order valence-corrected chi connectivity index (χ1v) is 6.33. The van der Waals surface area contributed by atoms with E-state index in [0.717, 1.165) is 0 Å². The van der Waals surface area contributed by atoms with Gasteiger partial charge in [-0.25, -0.2) is 0 Å². The van der Waals surface area contributed by atoms with Crippen LogP contribution in [-0.4, -0.2) is 0 Å². The highest BCUT2D eigenvalue weighted by Gasteiger charge is 2.12. The van der Waals surface area contributed by atoms with Gasteiger partial charge in [-0.15, -0.1) is 0 Å². The van der Waals surface area contributed by atoms with Gasteiger partial charge in [-0.2, -0.15) is 0 Å². The Morgan fingerprint density at radius 3 is 2.53 bits per heavy atom. The fourth-order valence-electron chi connectivity index (χ4n) is 2.09. The summed E-state index contributed by atoms with van der Waals surface area (Å²) in [5.41, 5.74) is 2.77. The average Bonchev–Trinajstić information content (AvgIpc) is 2.39. The van der Waals surface area contributed by atoms with Crippen molar-refractivity contribution in [1.29, 1.82) is 0 Å². The first-order chi connectivity index (χ1) is 8.33. The maximum atomic E-state index is 3.73. The normalized spacial score (nSPS) is 13.9. The molecule has 1 aromatic rings. The third-order valence-corrected chi connectivity index (χ3v) is 2.94. The predicted molar refractivity (Wildman–Crippen MR) is 77.2 cm³/mol. The highest BCUT2D eigenvalue weighted by molar-refractivity contribution is 5.35. The number of hydrogen-bond donors (Lipinski definition) is 0. The molecule has 0 heteroatoms. The van der Waals surface area contributed by atoms with Gasteiger partial charge in [0.2, 0.25) is 0 Å². The summed E-state index contributed by atoms with van der Waals surface area (Å²) < 4.78 is 0. The third kappa shape index (κ3) is 4.07. The fraction of sp³-hybridized carbons (Fsp3) is 0.294. The molecule has 0 N–H and O–H groups in total. The van der Waals surface area contributed by atoms with E-state index in [1.807, 2.05) is 12.2 Å². The van der Waals surface area contributed by atoms with Crippen LogP contribution in [0.15, 0.2) is 66.8 Å². The van der Waals surface area contributed by atoms with Crippen molar-refractivity contribution < 1.29 is 0 Å². The molecule has 0 spiro atoms. The Morgan fingerprint density at radius 1 is 1.29 bits per heavy atom. The van der Waals surface area contributed by atoms with E-state index in [9.17, 15) is 0 Å². The fourth-order valence-corrected chi connectivity index (χ4v) is 2.09. The Bertz CT molecular complexity index is 382. The number of benzene rings is 1.